The van der Waals surface area contributed by atoms with Gasteiger partial charge in [0.05, 0.1) is 12.1 Å². The number of aromatic nitrogens is 1. The van der Waals surface area contributed by atoms with Crippen molar-refractivity contribution in [3.05, 3.63) is 46.2 Å². The minimum absolute atomic E-state index is 0.00102. The van der Waals surface area contributed by atoms with E-state index in [1.165, 1.54) is 6.42 Å². The minimum Gasteiger partial charge on any atom is -0.334 e. The van der Waals surface area contributed by atoms with Crippen molar-refractivity contribution in [3.8, 4) is 0 Å². The van der Waals surface area contributed by atoms with Gasteiger partial charge in [-0.15, -0.1) is 0 Å². The highest BCUT2D eigenvalue weighted by Gasteiger charge is 2.32. The van der Waals surface area contributed by atoms with Crippen LogP contribution in [0.3, 0.4) is 0 Å². The molecule has 1 saturated heterocycles. The number of hydrogen-bond donors (Lipinski definition) is 1. The highest BCUT2D eigenvalue weighted by atomic mass is 16.2. The van der Waals surface area contributed by atoms with Crippen LogP contribution in [-0.4, -0.2) is 34.5 Å². The number of rotatable bonds is 4. The quantitative estimate of drug-likeness (QED) is 0.904. The zero-order valence-electron chi connectivity index (χ0n) is 16.1. The second kappa shape index (κ2) is 7.85. The maximum Gasteiger partial charge on any atom is 0.255 e. The van der Waals surface area contributed by atoms with Gasteiger partial charge >= 0.3 is 0 Å². The molecule has 1 aromatic heterocycles. The van der Waals surface area contributed by atoms with Crippen molar-refractivity contribution in [2.45, 2.75) is 51.1 Å². The molecule has 2 aromatic rings. The van der Waals surface area contributed by atoms with E-state index in [2.05, 4.69) is 5.32 Å². The molecule has 0 unspecified atom stereocenters. The van der Waals surface area contributed by atoms with Crippen LogP contribution >= 0.6 is 0 Å². The zero-order chi connectivity index (χ0) is 18.8. The van der Waals surface area contributed by atoms with Crippen LogP contribution in [0.4, 0.5) is 0 Å². The molecule has 0 bridgehead atoms. The summed E-state index contributed by atoms with van der Waals surface area (Å²) in [6.45, 7) is 2.18. The number of amides is 1. The van der Waals surface area contributed by atoms with Gasteiger partial charge in [0, 0.05) is 31.1 Å². The topological polar surface area (TPSA) is 54.3 Å². The second-order valence-corrected chi connectivity index (χ2v) is 8.04. The Hall–Kier alpha value is -2.14. The van der Waals surface area contributed by atoms with Gasteiger partial charge in [-0.2, -0.15) is 0 Å². The van der Waals surface area contributed by atoms with Crippen molar-refractivity contribution >= 4 is 16.8 Å². The van der Waals surface area contributed by atoms with Crippen molar-refractivity contribution in [2.24, 2.45) is 13.0 Å². The van der Waals surface area contributed by atoms with E-state index >= 15 is 0 Å². The maximum atomic E-state index is 13.3. The van der Waals surface area contributed by atoms with Crippen molar-refractivity contribution < 1.29 is 4.79 Å². The Kier molecular flexibility index (Phi) is 5.30. The largest absolute Gasteiger partial charge is 0.334 e. The molecule has 1 N–H and O–H groups in total. The van der Waals surface area contributed by atoms with E-state index in [0.717, 1.165) is 56.1 Å². The van der Waals surface area contributed by atoms with E-state index in [9.17, 15) is 9.59 Å². The predicted octanol–water partition coefficient (Wildman–Crippen LogP) is 2.81. The van der Waals surface area contributed by atoms with Gasteiger partial charge in [-0.05, 0) is 43.3 Å². The van der Waals surface area contributed by atoms with Crippen LogP contribution in [0.25, 0.3) is 10.9 Å². The Morgan fingerprint density at radius 1 is 1.19 bits per heavy atom. The van der Waals surface area contributed by atoms with Crippen LogP contribution in [0.5, 0.6) is 0 Å². The molecule has 27 heavy (non-hydrogen) atoms. The second-order valence-electron chi connectivity index (χ2n) is 8.04. The van der Waals surface area contributed by atoms with Crippen LogP contribution in [0.15, 0.2) is 35.1 Å². The van der Waals surface area contributed by atoms with Gasteiger partial charge in [0.1, 0.15) is 0 Å². The molecule has 1 aliphatic carbocycles. The normalized spacial score (nSPS) is 20.9. The van der Waals surface area contributed by atoms with Gasteiger partial charge in [-0.1, -0.05) is 37.5 Å². The number of carbonyl (C=O) groups is 1. The van der Waals surface area contributed by atoms with E-state index in [1.54, 1.807) is 4.57 Å². The first-order valence-corrected chi connectivity index (χ1v) is 10.2. The number of aryl methyl sites for hydroxylation is 1. The molecule has 144 valence electrons. The SMILES string of the molecule is Cn1c(=O)c(CN(C(=O)C2CCCCC2)[C@@H]2CCNC2)cc2ccccc21. The van der Waals surface area contributed by atoms with E-state index in [4.69, 9.17) is 0 Å². The fourth-order valence-electron chi connectivity index (χ4n) is 4.66. The summed E-state index contributed by atoms with van der Waals surface area (Å²) in [5, 5.41) is 4.42. The Morgan fingerprint density at radius 3 is 2.70 bits per heavy atom. The molecule has 1 atom stereocenters. The number of hydrogen-bond acceptors (Lipinski definition) is 3. The molecule has 5 nitrogen and oxygen atoms in total. The molecule has 2 aliphatic rings. The first-order valence-electron chi connectivity index (χ1n) is 10.2. The molecule has 1 aliphatic heterocycles. The lowest BCUT2D eigenvalue weighted by Gasteiger charge is -2.33. The van der Waals surface area contributed by atoms with Crippen LogP contribution in [-0.2, 0) is 18.4 Å². The highest BCUT2D eigenvalue weighted by molar-refractivity contribution is 5.81. The summed E-state index contributed by atoms with van der Waals surface area (Å²) < 4.78 is 1.71. The van der Waals surface area contributed by atoms with Gasteiger partial charge in [-0.3, -0.25) is 9.59 Å². The van der Waals surface area contributed by atoms with Crippen molar-refractivity contribution in [1.29, 1.82) is 0 Å². The number of carbonyl (C=O) groups excluding carboxylic acids is 1. The molecule has 4 rings (SSSR count). The van der Waals surface area contributed by atoms with Crippen molar-refractivity contribution in [1.82, 2.24) is 14.8 Å². The number of nitrogens with zero attached hydrogens (tertiary/aromatic N) is 2. The lowest BCUT2D eigenvalue weighted by Crippen LogP contribution is -2.45. The van der Waals surface area contributed by atoms with Crippen LogP contribution in [0.2, 0.25) is 0 Å². The third kappa shape index (κ3) is 3.65. The monoisotopic (exact) mass is 367 g/mol. The first kappa shape index (κ1) is 18.2. The molecular formula is C22H29N3O2. The Bertz CT molecular complexity index is 877. The van der Waals surface area contributed by atoms with Crippen molar-refractivity contribution in [2.75, 3.05) is 13.1 Å². The number of benzene rings is 1. The highest BCUT2D eigenvalue weighted by Crippen LogP contribution is 2.28. The summed E-state index contributed by atoms with van der Waals surface area (Å²) in [5.74, 6) is 0.377. The Balaban J connectivity index is 1.67. The van der Waals surface area contributed by atoms with Gasteiger partial charge in [0.25, 0.3) is 5.56 Å². The smallest absolute Gasteiger partial charge is 0.255 e. The lowest BCUT2D eigenvalue weighted by molar-refractivity contribution is -0.139. The summed E-state index contributed by atoms with van der Waals surface area (Å²) in [6, 6.07) is 10.1. The first-order chi connectivity index (χ1) is 13.1. The van der Waals surface area contributed by atoms with Gasteiger partial charge in [-0.25, -0.2) is 0 Å². The molecule has 1 amide bonds. The molecule has 1 saturated carbocycles. The third-order valence-corrected chi connectivity index (χ3v) is 6.26. The number of para-hydroxylation sites is 1. The lowest BCUT2D eigenvalue weighted by atomic mass is 9.87. The molecule has 1 aromatic carbocycles. The van der Waals surface area contributed by atoms with Crippen LogP contribution in [0, 0.1) is 5.92 Å². The van der Waals surface area contributed by atoms with Gasteiger partial charge in [0.2, 0.25) is 5.91 Å². The van der Waals surface area contributed by atoms with E-state index in [0.29, 0.717) is 12.1 Å². The number of pyridine rings is 1. The Morgan fingerprint density at radius 2 is 1.96 bits per heavy atom. The molecule has 2 fully saturated rings. The minimum atomic E-state index is 0.00102. The Labute approximate surface area is 160 Å². The average Bonchev–Trinajstić information content (AvgIpc) is 3.24. The molecule has 0 spiro atoms. The summed E-state index contributed by atoms with van der Waals surface area (Å²) in [4.78, 5) is 28.3. The predicted molar refractivity (Wildman–Crippen MR) is 108 cm³/mol. The van der Waals surface area contributed by atoms with Crippen molar-refractivity contribution in [3.63, 3.8) is 0 Å². The summed E-state index contributed by atoms with van der Waals surface area (Å²) >= 11 is 0. The summed E-state index contributed by atoms with van der Waals surface area (Å²) in [6.07, 6.45) is 6.47. The molecule has 5 heteroatoms. The van der Waals surface area contributed by atoms with Crippen LogP contribution < -0.4 is 10.9 Å². The average molecular weight is 367 g/mol. The summed E-state index contributed by atoms with van der Waals surface area (Å²) in [7, 11) is 1.82. The number of nitrogens with one attached hydrogen (secondary N) is 1. The third-order valence-electron chi connectivity index (χ3n) is 6.26. The number of fused-ring (bicyclic) bond motifs is 1. The molecular weight excluding hydrogens is 338 g/mol. The fraction of sp³-hybridized carbons (Fsp3) is 0.545. The summed E-state index contributed by atoms with van der Waals surface area (Å²) in [5.41, 5.74) is 1.65. The zero-order valence-corrected chi connectivity index (χ0v) is 16.1. The standard InChI is InChI=1S/C22H29N3O2/c1-24-20-10-6-5-9-17(20)13-18(21(24)26)15-25(19-11-12-23-14-19)22(27)16-7-3-2-4-8-16/h5-6,9-10,13,16,19,23H,2-4,7-8,11-12,14-15H2,1H3/t19-/m1/s1. The van der Waals surface area contributed by atoms with Gasteiger partial charge < -0.3 is 14.8 Å². The maximum absolute atomic E-state index is 13.3. The van der Waals surface area contributed by atoms with E-state index in [-0.39, 0.29) is 23.4 Å². The van der Waals surface area contributed by atoms with Gasteiger partial charge in [0.15, 0.2) is 0 Å². The van der Waals surface area contributed by atoms with E-state index in [1.807, 2.05) is 42.3 Å². The molecule has 2 heterocycles. The fourth-order valence-corrected chi connectivity index (χ4v) is 4.66. The van der Waals surface area contributed by atoms with E-state index < -0.39 is 0 Å². The molecule has 0 radical (unpaired) electrons. The van der Waals surface area contributed by atoms with Crippen LogP contribution in [0.1, 0.15) is 44.1 Å².